The SMILES string of the molecule is Cc1oc2ccccc2c1CN1C[C@H]2CNC[C@H]2C1.Cl. The molecule has 0 amide bonds. The van der Waals surface area contributed by atoms with Crippen LogP contribution in [0.3, 0.4) is 0 Å². The predicted molar refractivity (Wildman–Crippen MR) is 83.3 cm³/mol. The van der Waals surface area contributed by atoms with Gasteiger partial charge in [-0.25, -0.2) is 0 Å². The molecule has 1 aromatic heterocycles. The van der Waals surface area contributed by atoms with Gasteiger partial charge in [0.25, 0.3) is 0 Å². The number of benzene rings is 1. The summed E-state index contributed by atoms with van der Waals surface area (Å²) < 4.78 is 5.86. The molecule has 3 heterocycles. The van der Waals surface area contributed by atoms with Crippen molar-refractivity contribution in [3.63, 3.8) is 0 Å². The number of rotatable bonds is 2. The highest BCUT2D eigenvalue weighted by atomic mass is 35.5. The van der Waals surface area contributed by atoms with Crippen LogP contribution in [0.25, 0.3) is 11.0 Å². The molecule has 1 aromatic carbocycles. The van der Waals surface area contributed by atoms with E-state index >= 15 is 0 Å². The number of halogens is 1. The molecule has 2 atom stereocenters. The molecule has 2 aliphatic heterocycles. The number of hydrogen-bond donors (Lipinski definition) is 1. The zero-order valence-corrected chi connectivity index (χ0v) is 12.6. The van der Waals surface area contributed by atoms with Crippen LogP contribution in [0, 0.1) is 18.8 Å². The number of fused-ring (bicyclic) bond motifs is 2. The quantitative estimate of drug-likeness (QED) is 0.923. The van der Waals surface area contributed by atoms with Crippen molar-refractivity contribution in [1.29, 1.82) is 0 Å². The Morgan fingerprint density at radius 2 is 1.90 bits per heavy atom. The fraction of sp³-hybridized carbons (Fsp3) is 0.500. The fourth-order valence-corrected chi connectivity index (χ4v) is 3.72. The molecular weight excluding hydrogens is 272 g/mol. The molecule has 2 fully saturated rings. The van der Waals surface area contributed by atoms with Gasteiger partial charge in [-0.2, -0.15) is 0 Å². The average molecular weight is 293 g/mol. The Hall–Kier alpha value is -1.03. The summed E-state index contributed by atoms with van der Waals surface area (Å²) in [7, 11) is 0. The van der Waals surface area contributed by atoms with Gasteiger partial charge in [0.1, 0.15) is 11.3 Å². The van der Waals surface area contributed by atoms with Crippen LogP contribution in [0.15, 0.2) is 28.7 Å². The Bertz CT molecular complexity index is 598. The van der Waals surface area contributed by atoms with E-state index in [-0.39, 0.29) is 12.4 Å². The molecule has 4 heteroatoms. The van der Waals surface area contributed by atoms with Crippen LogP contribution in [0.4, 0.5) is 0 Å². The van der Waals surface area contributed by atoms with E-state index in [1.54, 1.807) is 0 Å². The van der Waals surface area contributed by atoms with Gasteiger partial charge < -0.3 is 9.73 Å². The molecule has 1 N–H and O–H groups in total. The number of para-hydroxylation sites is 1. The zero-order valence-electron chi connectivity index (χ0n) is 11.8. The Labute approximate surface area is 125 Å². The van der Waals surface area contributed by atoms with E-state index < -0.39 is 0 Å². The lowest BCUT2D eigenvalue weighted by Gasteiger charge is -2.16. The van der Waals surface area contributed by atoms with Crippen LogP contribution < -0.4 is 5.32 Å². The maximum atomic E-state index is 5.86. The van der Waals surface area contributed by atoms with E-state index in [4.69, 9.17) is 4.42 Å². The summed E-state index contributed by atoms with van der Waals surface area (Å²) in [5.41, 5.74) is 2.40. The molecule has 3 nitrogen and oxygen atoms in total. The van der Waals surface area contributed by atoms with Gasteiger partial charge in [-0.05, 0) is 37.9 Å². The molecule has 4 rings (SSSR count). The summed E-state index contributed by atoms with van der Waals surface area (Å²) >= 11 is 0. The van der Waals surface area contributed by atoms with Crippen molar-refractivity contribution in [2.45, 2.75) is 13.5 Å². The molecule has 0 saturated carbocycles. The maximum absolute atomic E-state index is 5.86. The molecule has 0 spiro atoms. The minimum atomic E-state index is 0. The molecule has 2 aliphatic rings. The fourth-order valence-electron chi connectivity index (χ4n) is 3.72. The van der Waals surface area contributed by atoms with Gasteiger partial charge in [0.2, 0.25) is 0 Å². The molecule has 0 radical (unpaired) electrons. The van der Waals surface area contributed by atoms with Gasteiger partial charge in [0.15, 0.2) is 0 Å². The minimum absolute atomic E-state index is 0. The van der Waals surface area contributed by atoms with Crippen molar-refractivity contribution in [3.8, 4) is 0 Å². The predicted octanol–water partition coefficient (Wildman–Crippen LogP) is 2.81. The van der Waals surface area contributed by atoms with Gasteiger partial charge in [-0.1, -0.05) is 18.2 Å². The Balaban J connectivity index is 0.00000121. The van der Waals surface area contributed by atoms with Crippen molar-refractivity contribution in [2.24, 2.45) is 11.8 Å². The van der Waals surface area contributed by atoms with E-state index in [9.17, 15) is 0 Å². The summed E-state index contributed by atoms with van der Waals surface area (Å²) in [4.78, 5) is 2.60. The smallest absolute Gasteiger partial charge is 0.134 e. The van der Waals surface area contributed by atoms with Crippen molar-refractivity contribution in [3.05, 3.63) is 35.6 Å². The Morgan fingerprint density at radius 1 is 1.20 bits per heavy atom. The standard InChI is InChI=1S/C16H20N2O.ClH/c1-11-15(14-4-2-3-5-16(14)19-11)10-18-8-12-6-17-7-13(12)9-18;/h2-5,12-13,17H,6-10H2,1H3;1H/t12-,13+;. The second-order valence-corrected chi connectivity index (χ2v) is 6.01. The van der Waals surface area contributed by atoms with Gasteiger partial charge in [0, 0.05) is 30.6 Å². The first-order chi connectivity index (χ1) is 9.31. The highest BCUT2D eigenvalue weighted by molar-refractivity contribution is 5.85. The number of aryl methyl sites for hydroxylation is 1. The van der Waals surface area contributed by atoms with Crippen LogP contribution in [0.5, 0.6) is 0 Å². The number of nitrogens with zero attached hydrogens (tertiary/aromatic N) is 1. The molecular formula is C16H21ClN2O. The first-order valence-corrected chi connectivity index (χ1v) is 7.21. The summed E-state index contributed by atoms with van der Waals surface area (Å²) in [6, 6.07) is 8.39. The monoisotopic (exact) mass is 292 g/mol. The maximum Gasteiger partial charge on any atom is 0.134 e. The normalized spacial score (nSPS) is 25.9. The molecule has 2 saturated heterocycles. The zero-order chi connectivity index (χ0) is 12.8. The summed E-state index contributed by atoms with van der Waals surface area (Å²) in [5.74, 6) is 2.80. The van der Waals surface area contributed by atoms with Gasteiger partial charge in [-0.15, -0.1) is 12.4 Å². The lowest BCUT2D eigenvalue weighted by molar-refractivity contribution is 0.304. The third-order valence-corrected chi connectivity index (χ3v) is 4.75. The van der Waals surface area contributed by atoms with Crippen LogP contribution in [-0.2, 0) is 6.54 Å². The molecule has 2 aromatic rings. The summed E-state index contributed by atoms with van der Waals surface area (Å²) in [6.07, 6.45) is 0. The van der Waals surface area contributed by atoms with Crippen LogP contribution in [0.2, 0.25) is 0 Å². The third-order valence-electron chi connectivity index (χ3n) is 4.75. The number of furan rings is 1. The Morgan fingerprint density at radius 3 is 2.65 bits per heavy atom. The second-order valence-electron chi connectivity index (χ2n) is 6.01. The van der Waals surface area contributed by atoms with Gasteiger partial charge in [-0.3, -0.25) is 4.90 Å². The van der Waals surface area contributed by atoms with Gasteiger partial charge >= 0.3 is 0 Å². The van der Waals surface area contributed by atoms with E-state index in [1.807, 2.05) is 6.07 Å². The molecule has 20 heavy (non-hydrogen) atoms. The van der Waals surface area contributed by atoms with Crippen molar-refractivity contribution < 1.29 is 4.42 Å². The van der Waals surface area contributed by atoms with E-state index in [1.165, 1.54) is 37.1 Å². The first-order valence-electron chi connectivity index (χ1n) is 7.21. The summed E-state index contributed by atoms with van der Waals surface area (Å²) in [6.45, 7) is 8.00. The minimum Gasteiger partial charge on any atom is -0.461 e. The topological polar surface area (TPSA) is 28.4 Å². The molecule has 0 bridgehead atoms. The van der Waals surface area contributed by atoms with E-state index in [2.05, 4.69) is 35.3 Å². The van der Waals surface area contributed by atoms with Crippen molar-refractivity contribution >= 4 is 23.4 Å². The highest BCUT2D eigenvalue weighted by Gasteiger charge is 2.36. The number of hydrogen-bond acceptors (Lipinski definition) is 3. The highest BCUT2D eigenvalue weighted by Crippen LogP contribution is 2.31. The largest absolute Gasteiger partial charge is 0.461 e. The molecule has 0 aliphatic carbocycles. The third kappa shape index (κ3) is 2.24. The van der Waals surface area contributed by atoms with E-state index in [0.717, 1.165) is 29.7 Å². The lowest BCUT2D eigenvalue weighted by atomic mass is 10.0. The van der Waals surface area contributed by atoms with Crippen molar-refractivity contribution in [2.75, 3.05) is 26.2 Å². The number of likely N-dealkylation sites (tertiary alicyclic amines) is 1. The first kappa shape index (κ1) is 13.9. The van der Waals surface area contributed by atoms with Crippen LogP contribution >= 0.6 is 12.4 Å². The number of nitrogens with one attached hydrogen (secondary N) is 1. The van der Waals surface area contributed by atoms with E-state index in [0.29, 0.717) is 0 Å². The molecule has 0 unspecified atom stereocenters. The van der Waals surface area contributed by atoms with Gasteiger partial charge in [0.05, 0.1) is 0 Å². The van der Waals surface area contributed by atoms with Crippen molar-refractivity contribution in [1.82, 2.24) is 10.2 Å². The summed E-state index contributed by atoms with van der Waals surface area (Å²) in [5, 5.41) is 4.79. The van der Waals surface area contributed by atoms with Crippen LogP contribution in [-0.4, -0.2) is 31.1 Å². The lowest BCUT2D eigenvalue weighted by Crippen LogP contribution is -2.25. The average Bonchev–Trinajstić information content (AvgIpc) is 3.04. The molecule has 108 valence electrons. The Kier molecular flexibility index (Phi) is 3.76. The van der Waals surface area contributed by atoms with Crippen LogP contribution in [0.1, 0.15) is 11.3 Å². The second kappa shape index (κ2) is 5.40.